The fourth-order valence-electron chi connectivity index (χ4n) is 2.89. The van der Waals surface area contributed by atoms with Crippen LogP contribution in [-0.2, 0) is 11.8 Å². The van der Waals surface area contributed by atoms with Gasteiger partial charge in [0.25, 0.3) is 0 Å². The van der Waals surface area contributed by atoms with Crippen molar-refractivity contribution in [3.63, 3.8) is 0 Å². The molecule has 2 heterocycles. The maximum absolute atomic E-state index is 10.7. The highest BCUT2D eigenvalue weighted by molar-refractivity contribution is 5.87. The number of carboxylic acid groups (broad SMARTS) is 1. The summed E-state index contributed by atoms with van der Waals surface area (Å²) in [6, 6.07) is 0.534. The van der Waals surface area contributed by atoms with E-state index in [1.807, 2.05) is 18.7 Å². The van der Waals surface area contributed by atoms with E-state index in [9.17, 15) is 4.79 Å². The predicted molar refractivity (Wildman–Crippen MR) is 75.3 cm³/mol. The molecule has 1 aliphatic heterocycles. The van der Waals surface area contributed by atoms with Crippen molar-refractivity contribution in [3.8, 4) is 0 Å². The van der Waals surface area contributed by atoms with E-state index in [1.165, 1.54) is 18.9 Å². The van der Waals surface area contributed by atoms with Gasteiger partial charge in [-0.25, -0.2) is 4.79 Å². The Morgan fingerprint density at radius 3 is 2.95 bits per heavy atom. The Balaban J connectivity index is 2.41. The smallest absolute Gasteiger partial charge is 0.328 e. The summed E-state index contributed by atoms with van der Waals surface area (Å²) in [5, 5.41) is 13.2. The second-order valence-electron chi connectivity index (χ2n) is 5.02. The Bertz CT molecular complexity index is 505. The zero-order valence-electron chi connectivity index (χ0n) is 11.8. The van der Waals surface area contributed by atoms with Crippen LogP contribution in [0.1, 0.15) is 37.4 Å². The molecule has 1 fully saturated rings. The van der Waals surface area contributed by atoms with Crippen LogP contribution in [0.5, 0.6) is 0 Å². The molecule has 1 saturated heterocycles. The van der Waals surface area contributed by atoms with E-state index in [-0.39, 0.29) is 0 Å². The molecule has 0 aromatic carbocycles. The van der Waals surface area contributed by atoms with Crippen LogP contribution in [-0.4, -0.2) is 33.4 Å². The predicted octanol–water partition coefficient (Wildman–Crippen LogP) is 2.21. The van der Waals surface area contributed by atoms with Crippen molar-refractivity contribution in [1.82, 2.24) is 9.78 Å². The molecule has 1 aromatic rings. The lowest BCUT2D eigenvalue weighted by molar-refractivity contribution is -0.131. The monoisotopic (exact) mass is 263 g/mol. The van der Waals surface area contributed by atoms with Crippen molar-refractivity contribution in [1.29, 1.82) is 0 Å². The van der Waals surface area contributed by atoms with Gasteiger partial charge >= 0.3 is 5.97 Å². The van der Waals surface area contributed by atoms with Gasteiger partial charge in [0.2, 0.25) is 0 Å². The quantitative estimate of drug-likeness (QED) is 0.846. The van der Waals surface area contributed by atoms with Gasteiger partial charge in [-0.15, -0.1) is 0 Å². The summed E-state index contributed by atoms with van der Waals surface area (Å²) in [6.45, 7) is 5.13. The van der Waals surface area contributed by atoms with Crippen LogP contribution in [0.15, 0.2) is 6.08 Å². The van der Waals surface area contributed by atoms with Crippen LogP contribution >= 0.6 is 0 Å². The average molecular weight is 263 g/mol. The van der Waals surface area contributed by atoms with Crippen LogP contribution < -0.4 is 4.90 Å². The maximum atomic E-state index is 10.7. The Hall–Kier alpha value is -1.78. The first kappa shape index (κ1) is 13.6. The van der Waals surface area contributed by atoms with Crippen LogP contribution in [0.25, 0.3) is 6.08 Å². The van der Waals surface area contributed by atoms with Crippen molar-refractivity contribution in [3.05, 3.63) is 17.3 Å². The number of nitrogens with zero attached hydrogens (tertiary/aromatic N) is 3. The molecule has 0 radical (unpaired) electrons. The summed E-state index contributed by atoms with van der Waals surface area (Å²) < 4.78 is 1.87. The lowest BCUT2D eigenvalue weighted by Crippen LogP contribution is -2.30. The largest absolute Gasteiger partial charge is 0.478 e. The highest BCUT2D eigenvalue weighted by Gasteiger charge is 2.27. The minimum Gasteiger partial charge on any atom is -0.478 e. The number of anilines is 1. The van der Waals surface area contributed by atoms with Crippen LogP contribution in [0, 0.1) is 6.92 Å². The van der Waals surface area contributed by atoms with Gasteiger partial charge in [0.05, 0.1) is 5.69 Å². The Labute approximate surface area is 113 Å². The van der Waals surface area contributed by atoms with Crippen molar-refractivity contribution in [2.45, 2.75) is 39.2 Å². The lowest BCUT2D eigenvalue weighted by Gasteiger charge is -2.26. The first-order chi connectivity index (χ1) is 9.04. The third kappa shape index (κ3) is 2.64. The topological polar surface area (TPSA) is 58.4 Å². The normalized spacial score (nSPS) is 19.5. The molecular formula is C14H21N3O2. The Morgan fingerprint density at radius 1 is 1.58 bits per heavy atom. The summed E-state index contributed by atoms with van der Waals surface area (Å²) >= 11 is 0. The number of aromatic nitrogens is 2. The summed E-state index contributed by atoms with van der Waals surface area (Å²) in [4.78, 5) is 13.1. The summed E-state index contributed by atoms with van der Waals surface area (Å²) in [6.07, 6.45) is 6.33. The number of aliphatic carboxylic acids is 1. The second kappa shape index (κ2) is 5.47. The molecule has 2 rings (SSSR count). The fourth-order valence-corrected chi connectivity index (χ4v) is 2.89. The Morgan fingerprint density at radius 2 is 2.32 bits per heavy atom. The summed E-state index contributed by atoms with van der Waals surface area (Å²) in [5.41, 5.74) is 1.79. The molecule has 104 valence electrons. The molecular weight excluding hydrogens is 242 g/mol. The Kier molecular flexibility index (Phi) is 3.93. The first-order valence-corrected chi connectivity index (χ1v) is 6.75. The van der Waals surface area contributed by atoms with Gasteiger partial charge in [-0.2, -0.15) is 5.10 Å². The standard InChI is InChI=1S/C14H21N3O2/c1-4-11-6-5-9-17(11)14-12(7-8-13(18)19)10(2)15-16(14)3/h7-8,11H,4-6,9H2,1-3H3,(H,18,19)/b8-7+. The highest BCUT2D eigenvalue weighted by atomic mass is 16.4. The number of hydrogen-bond acceptors (Lipinski definition) is 3. The zero-order valence-corrected chi connectivity index (χ0v) is 11.8. The van der Waals surface area contributed by atoms with E-state index >= 15 is 0 Å². The summed E-state index contributed by atoms with van der Waals surface area (Å²) in [5.74, 6) is 0.113. The molecule has 1 aromatic heterocycles. The van der Waals surface area contributed by atoms with Gasteiger partial charge < -0.3 is 10.0 Å². The molecule has 0 spiro atoms. The number of aryl methyl sites for hydroxylation is 2. The van der Waals surface area contributed by atoms with Crippen molar-refractivity contribution in [2.24, 2.45) is 7.05 Å². The maximum Gasteiger partial charge on any atom is 0.328 e. The number of hydrogen-bond donors (Lipinski definition) is 1. The third-order valence-corrected chi connectivity index (χ3v) is 3.75. The SMILES string of the molecule is CCC1CCCN1c1c(/C=C/C(=O)O)c(C)nn1C. The molecule has 0 amide bonds. The molecule has 19 heavy (non-hydrogen) atoms. The molecule has 5 heteroatoms. The van der Waals surface area contributed by atoms with E-state index in [1.54, 1.807) is 6.08 Å². The highest BCUT2D eigenvalue weighted by Crippen LogP contribution is 2.32. The van der Waals surface area contributed by atoms with E-state index in [4.69, 9.17) is 5.11 Å². The van der Waals surface area contributed by atoms with Gasteiger partial charge in [-0.05, 0) is 32.3 Å². The van der Waals surface area contributed by atoms with E-state index in [2.05, 4.69) is 16.9 Å². The molecule has 5 nitrogen and oxygen atoms in total. The van der Waals surface area contributed by atoms with Crippen LogP contribution in [0.2, 0.25) is 0 Å². The molecule has 0 saturated carbocycles. The minimum atomic E-state index is -0.928. The van der Waals surface area contributed by atoms with E-state index < -0.39 is 5.97 Å². The average Bonchev–Trinajstić information content (AvgIpc) is 2.90. The van der Waals surface area contributed by atoms with E-state index in [0.717, 1.165) is 30.0 Å². The van der Waals surface area contributed by atoms with Crippen molar-refractivity contribution in [2.75, 3.05) is 11.4 Å². The number of carbonyl (C=O) groups is 1. The molecule has 1 unspecified atom stereocenters. The van der Waals surface area contributed by atoms with Gasteiger partial charge in [0.15, 0.2) is 0 Å². The molecule has 1 aliphatic rings. The minimum absolute atomic E-state index is 0.534. The molecule has 0 bridgehead atoms. The van der Waals surface area contributed by atoms with Crippen molar-refractivity contribution < 1.29 is 9.90 Å². The fraction of sp³-hybridized carbons (Fsp3) is 0.571. The van der Waals surface area contributed by atoms with Crippen LogP contribution in [0.3, 0.4) is 0 Å². The number of carboxylic acids is 1. The van der Waals surface area contributed by atoms with E-state index in [0.29, 0.717) is 6.04 Å². The molecule has 1 N–H and O–H groups in total. The second-order valence-corrected chi connectivity index (χ2v) is 5.02. The van der Waals surface area contributed by atoms with Gasteiger partial charge in [-0.1, -0.05) is 6.92 Å². The van der Waals surface area contributed by atoms with Gasteiger partial charge in [0.1, 0.15) is 5.82 Å². The molecule has 1 atom stereocenters. The van der Waals surface area contributed by atoms with Crippen molar-refractivity contribution >= 4 is 17.9 Å². The van der Waals surface area contributed by atoms with Gasteiger partial charge in [0, 0.05) is 31.3 Å². The first-order valence-electron chi connectivity index (χ1n) is 6.75. The molecule has 0 aliphatic carbocycles. The van der Waals surface area contributed by atoms with Crippen LogP contribution in [0.4, 0.5) is 5.82 Å². The lowest BCUT2D eigenvalue weighted by atomic mass is 10.1. The summed E-state index contributed by atoms with van der Waals surface area (Å²) in [7, 11) is 1.92. The zero-order chi connectivity index (χ0) is 14.0. The van der Waals surface area contributed by atoms with Gasteiger partial charge in [-0.3, -0.25) is 4.68 Å². The number of rotatable bonds is 4. The third-order valence-electron chi connectivity index (χ3n) is 3.75.